The van der Waals surface area contributed by atoms with Gasteiger partial charge in [-0.1, -0.05) is 17.7 Å². The minimum Gasteiger partial charge on any atom is -0.393 e. The standard InChI is InChI=1S/C14H18ClFO2/c1-18-14(5-2-6-14)9-11(17)7-10-3-4-13(16)12(15)8-10/h3-4,8,11,17H,2,5-7,9H2,1H3. The molecule has 1 unspecified atom stereocenters. The fourth-order valence-electron chi connectivity index (χ4n) is 2.50. The Morgan fingerprint density at radius 3 is 2.72 bits per heavy atom. The molecule has 1 saturated carbocycles. The van der Waals surface area contributed by atoms with Crippen molar-refractivity contribution in [2.75, 3.05) is 7.11 Å². The van der Waals surface area contributed by atoms with E-state index in [2.05, 4.69) is 0 Å². The van der Waals surface area contributed by atoms with E-state index in [1.807, 2.05) is 0 Å². The lowest BCUT2D eigenvalue weighted by molar-refractivity contribution is -0.0989. The van der Waals surface area contributed by atoms with E-state index < -0.39 is 11.9 Å². The number of aliphatic hydroxyl groups excluding tert-OH is 1. The van der Waals surface area contributed by atoms with Crippen molar-refractivity contribution >= 4 is 11.6 Å². The van der Waals surface area contributed by atoms with Gasteiger partial charge < -0.3 is 9.84 Å². The number of ether oxygens (including phenoxy) is 1. The Balaban J connectivity index is 1.94. The lowest BCUT2D eigenvalue weighted by atomic mass is 9.75. The first kappa shape index (κ1) is 13.8. The summed E-state index contributed by atoms with van der Waals surface area (Å²) in [6.45, 7) is 0. The molecule has 0 saturated heterocycles. The van der Waals surface area contributed by atoms with Gasteiger partial charge in [0.25, 0.3) is 0 Å². The predicted molar refractivity (Wildman–Crippen MR) is 69.3 cm³/mol. The third-order valence-corrected chi connectivity index (χ3v) is 4.05. The van der Waals surface area contributed by atoms with Crippen LogP contribution >= 0.6 is 11.6 Å². The molecule has 1 aromatic carbocycles. The molecule has 18 heavy (non-hydrogen) atoms. The van der Waals surface area contributed by atoms with Crippen molar-refractivity contribution in [1.29, 1.82) is 0 Å². The second-order valence-corrected chi connectivity index (χ2v) is 5.46. The Bertz CT molecular complexity index is 413. The number of halogens is 2. The molecular weight excluding hydrogens is 255 g/mol. The van der Waals surface area contributed by atoms with Crippen LogP contribution in [0.25, 0.3) is 0 Å². The SMILES string of the molecule is COC1(CC(O)Cc2ccc(F)c(Cl)c2)CCC1. The molecular formula is C14H18ClFO2. The molecule has 1 aromatic rings. The van der Waals surface area contributed by atoms with Crippen LogP contribution in [-0.4, -0.2) is 23.9 Å². The summed E-state index contributed by atoms with van der Waals surface area (Å²) in [5.74, 6) is -0.428. The molecule has 1 aliphatic carbocycles. The fraction of sp³-hybridized carbons (Fsp3) is 0.571. The zero-order valence-electron chi connectivity index (χ0n) is 10.5. The summed E-state index contributed by atoms with van der Waals surface area (Å²) < 4.78 is 18.5. The largest absolute Gasteiger partial charge is 0.393 e. The molecule has 4 heteroatoms. The molecule has 1 aliphatic rings. The number of aliphatic hydroxyl groups is 1. The van der Waals surface area contributed by atoms with Crippen molar-refractivity contribution in [2.24, 2.45) is 0 Å². The first-order valence-corrected chi connectivity index (χ1v) is 6.60. The summed E-state index contributed by atoms with van der Waals surface area (Å²) in [6, 6.07) is 4.56. The van der Waals surface area contributed by atoms with Crippen LogP contribution in [0.2, 0.25) is 5.02 Å². The van der Waals surface area contributed by atoms with Gasteiger partial charge in [-0.2, -0.15) is 0 Å². The van der Waals surface area contributed by atoms with Crippen LogP contribution in [0.4, 0.5) is 4.39 Å². The van der Waals surface area contributed by atoms with E-state index in [1.165, 1.54) is 6.07 Å². The number of rotatable bonds is 5. The average molecular weight is 273 g/mol. The van der Waals surface area contributed by atoms with E-state index in [0.29, 0.717) is 12.8 Å². The van der Waals surface area contributed by atoms with Gasteiger partial charge in [-0.15, -0.1) is 0 Å². The Labute approximate surface area is 112 Å². The van der Waals surface area contributed by atoms with E-state index in [4.69, 9.17) is 16.3 Å². The molecule has 1 atom stereocenters. The average Bonchev–Trinajstić information content (AvgIpc) is 2.29. The first-order chi connectivity index (χ1) is 8.54. The zero-order chi connectivity index (χ0) is 13.2. The third kappa shape index (κ3) is 3.02. The molecule has 1 fully saturated rings. The van der Waals surface area contributed by atoms with Gasteiger partial charge in [0.2, 0.25) is 0 Å². The summed E-state index contributed by atoms with van der Waals surface area (Å²) >= 11 is 5.71. The topological polar surface area (TPSA) is 29.5 Å². The highest BCUT2D eigenvalue weighted by Gasteiger charge is 2.38. The van der Waals surface area contributed by atoms with Gasteiger partial charge in [0.1, 0.15) is 5.82 Å². The van der Waals surface area contributed by atoms with Crippen molar-refractivity contribution in [3.8, 4) is 0 Å². The number of benzene rings is 1. The van der Waals surface area contributed by atoms with Crippen LogP contribution in [-0.2, 0) is 11.2 Å². The summed E-state index contributed by atoms with van der Waals surface area (Å²) in [5, 5.41) is 10.2. The van der Waals surface area contributed by atoms with Crippen molar-refractivity contribution < 1.29 is 14.2 Å². The van der Waals surface area contributed by atoms with Crippen LogP contribution in [0.1, 0.15) is 31.2 Å². The molecule has 0 bridgehead atoms. The minimum absolute atomic E-state index is 0.102. The van der Waals surface area contributed by atoms with E-state index in [9.17, 15) is 9.50 Å². The van der Waals surface area contributed by atoms with Gasteiger partial charge in [-0.3, -0.25) is 0 Å². The van der Waals surface area contributed by atoms with E-state index in [0.717, 1.165) is 24.8 Å². The van der Waals surface area contributed by atoms with Gasteiger partial charge in [-0.25, -0.2) is 4.39 Å². The van der Waals surface area contributed by atoms with Gasteiger partial charge in [-0.05, 0) is 43.4 Å². The fourth-order valence-corrected chi connectivity index (χ4v) is 2.71. The van der Waals surface area contributed by atoms with Crippen molar-refractivity contribution in [1.82, 2.24) is 0 Å². The zero-order valence-corrected chi connectivity index (χ0v) is 11.2. The Morgan fingerprint density at radius 1 is 1.50 bits per heavy atom. The van der Waals surface area contributed by atoms with Gasteiger partial charge in [0.15, 0.2) is 0 Å². The van der Waals surface area contributed by atoms with Crippen LogP contribution in [0, 0.1) is 5.82 Å². The van der Waals surface area contributed by atoms with E-state index >= 15 is 0 Å². The maximum atomic E-state index is 13.0. The van der Waals surface area contributed by atoms with Gasteiger partial charge in [0.05, 0.1) is 16.7 Å². The normalized spacial score (nSPS) is 19.3. The molecule has 2 rings (SSSR count). The van der Waals surface area contributed by atoms with E-state index in [1.54, 1.807) is 19.2 Å². The minimum atomic E-state index is -0.480. The highest BCUT2D eigenvalue weighted by atomic mass is 35.5. The van der Waals surface area contributed by atoms with E-state index in [-0.39, 0.29) is 10.6 Å². The smallest absolute Gasteiger partial charge is 0.141 e. The quantitative estimate of drug-likeness (QED) is 0.891. The molecule has 0 amide bonds. The summed E-state index contributed by atoms with van der Waals surface area (Å²) in [5.41, 5.74) is 0.697. The number of hydrogen-bond donors (Lipinski definition) is 1. The molecule has 0 aromatic heterocycles. The summed E-state index contributed by atoms with van der Waals surface area (Å²) in [4.78, 5) is 0. The highest BCUT2D eigenvalue weighted by molar-refractivity contribution is 6.30. The maximum absolute atomic E-state index is 13.0. The Kier molecular flexibility index (Phi) is 4.25. The predicted octanol–water partition coefficient (Wildman–Crippen LogP) is 3.34. The second kappa shape index (κ2) is 5.55. The monoisotopic (exact) mass is 272 g/mol. The summed E-state index contributed by atoms with van der Waals surface area (Å²) in [7, 11) is 1.70. The molecule has 0 aliphatic heterocycles. The molecule has 0 heterocycles. The van der Waals surface area contributed by atoms with Crippen LogP contribution in [0.15, 0.2) is 18.2 Å². The first-order valence-electron chi connectivity index (χ1n) is 6.22. The lowest BCUT2D eigenvalue weighted by Crippen LogP contribution is -2.42. The third-order valence-electron chi connectivity index (χ3n) is 3.76. The highest BCUT2D eigenvalue weighted by Crippen LogP contribution is 2.39. The van der Waals surface area contributed by atoms with Gasteiger partial charge in [0, 0.05) is 13.5 Å². The summed E-state index contributed by atoms with van der Waals surface area (Å²) in [6.07, 6.45) is 3.79. The molecule has 0 spiro atoms. The number of methoxy groups -OCH3 is 1. The van der Waals surface area contributed by atoms with Crippen molar-refractivity contribution in [3.63, 3.8) is 0 Å². The molecule has 1 N–H and O–H groups in total. The Morgan fingerprint density at radius 2 is 2.22 bits per heavy atom. The molecule has 0 radical (unpaired) electrons. The van der Waals surface area contributed by atoms with Crippen molar-refractivity contribution in [3.05, 3.63) is 34.6 Å². The lowest BCUT2D eigenvalue weighted by Gasteiger charge is -2.41. The molecule has 2 nitrogen and oxygen atoms in total. The van der Waals surface area contributed by atoms with Crippen LogP contribution in [0.5, 0.6) is 0 Å². The Hall–Kier alpha value is -0.640. The second-order valence-electron chi connectivity index (χ2n) is 5.05. The van der Waals surface area contributed by atoms with Crippen LogP contribution in [0.3, 0.4) is 0 Å². The van der Waals surface area contributed by atoms with Crippen molar-refractivity contribution in [2.45, 2.75) is 43.8 Å². The molecule has 100 valence electrons. The van der Waals surface area contributed by atoms with Gasteiger partial charge >= 0.3 is 0 Å². The maximum Gasteiger partial charge on any atom is 0.141 e. The number of hydrogen-bond acceptors (Lipinski definition) is 2. The van der Waals surface area contributed by atoms with Crippen LogP contribution < -0.4 is 0 Å².